The van der Waals surface area contributed by atoms with Gasteiger partial charge in [-0.25, -0.2) is 0 Å². The molecule has 0 aromatic heterocycles. The predicted octanol–water partition coefficient (Wildman–Crippen LogP) is 2.86. The first-order valence-electron chi connectivity index (χ1n) is 8.27. The molecule has 3 rings (SSSR count). The predicted molar refractivity (Wildman–Crippen MR) is 94.5 cm³/mol. The highest BCUT2D eigenvalue weighted by molar-refractivity contribution is 6.05. The summed E-state index contributed by atoms with van der Waals surface area (Å²) in [7, 11) is 5.23. The Hall–Kier alpha value is -2.14. The number of carbonyl (C=O) groups excluding carboxylic acids is 2. The third-order valence-electron chi connectivity index (χ3n) is 3.98. The number of fused-ring (bicyclic) bond motifs is 3. The van der Waals surface area contributed by atoms with Crippen LogP contribution in [-0.2, 0) is 14.3 Å². The summed E-state index contributed by atoms with van der Waals surface area (Å²) in [5, 5.41) is 12.7. The molecule has 24 heavy (non-hydrogen) atoms. The molecule has 0 saturated carbocycles. The van der Waals surface area contributed by atoms with E-state index in [4.69, 9.17) is 4.74 Å². The first kappa shape index (κ1) is 19.9. The molecule has 3 aliphatic carbocycles. The van der Waals surface area contributed by atoms with Gasteiger partial charge in [0.1, 0.15) is 0 Å². The molecule has 0 aromatic rings. The lowest BCUT2D eigenvalue weighted by molar-refractivity contribution is -0.120. The van der Waals surface area contributed by atoms with E-state index in [0.717, 1.165) is 12.0 Å². The monoisotopic (exact) mass is 333 g/mol. The molecule has 0 fully saturated rings. The van der Waals surface area contributed by atoms with Crippen LogP contribution in [0.1, 0.15) is 26.7 Å². The van der Waals surface area contributed by atoms with Crippen molar-refractivity contribution in [2.45, 2.75) is 26.7 Å². The number of Topliss-reactive ketones (excluding diaryl/α,β-unsaturated/α-hetero) is 1. The van der Waals surface area contributed by atoms with E-state index in [9.17, 15) is 14.7 Å². The molecule has 0 bridgehead atoms. The summed E-state index contributed by atoms with van der Waals surface area (Å²) >= 11 is 0. The number of allylic oxidation sites excluding steroid dienone is 7. The molecule has 0 spiro atoms. The maximum Gasteiger partial charge on any atom is 0.220 e. The first-order valence-corrected chi connectivity index (χ1v) is 8.27. The Bertz CT molecular complexity index is 611. The van der Waals surface area contributed by atoms with Crippen LogP contribution in [-0.4, -0.2) is 37.9 Å². The van der Waals surface area contributed by atoms with E-state index in [1.165, 1.54) is 13.2 Å². The summed E-state index contributed by atoms with van der Waals surface area (Å²) in [4.78, 5) is 23.5. The molecule has 5 nitrogen and oxygen atoms in total. The Morgan fingerprint density at radius 2 is 1.83 bits per heavy atom. The average molecular weight is 333 g/mol. The van der Waals surface area contributed by atoms with Crippen molar-refractivity contribution in [3.05, 3.63) is 47.0 Å². The Kier molecular flexibility index (Phi) is 7.65. The summed E-state index contributed by atoms with van der Waals surface area (Å²) in [6.07, 6.45) is 7.96. The second kappa shape index (κ2) is 9.23. The zero-order valence-corrected chi connectivity index (χ0v) is 15.1. The van der Waals surface area contributed by atoms with Gasteiger partial charge in [0.2, 0.25) is 5.78 Å². The molecule has 132 valence electrons. The molecule has 3 aliphatic rings. The van der Waals surface area contributed by atoms with Gasteiger partial charge < -0.3 is 15.2 Å². The highest BCUT2D eigenvalue weighted by Gasteiger charge is 2.39. The van der Waals surface area contributed by atoms with Gasteiger partial charge in [0.25, 0.3) is 0 Å². The molecule has 0 amide bonds. The van der Waals surface area contributed by atoms with E-state index >= 15 is 0 Å². The van der Waals surface area contributed by atoms with Gasteiger partial charge in [-0.1, -0.05) is 26.0 Å². The van der Waals surface area contributed by atoms with E-state index < -0.39 is 0 Å². The van der Waals surface area contributed by atoms with E-state index in [2.05, 4.69) is 5.32 Å². The van der Waals surface area contributed by atoms with Crippen LogP contribution < -0.4 is 5.32 Å². The van der Waals surface area contributed by atoms with Gasteiger partial charge in [-0.15, -0.1) is 0 Å². The molecule has 0 heterocycles. The lowest BCUT2D eigenvalue weighted by Gasteiger charge is -2.35. The van der Waals surface area contributed by atoms with Crippen LogP contribution in [0.25, 0.3) is 0 Å². The number of ether oxygens (including phenoxy) is 1. The number of nitrogens with one attached hydrogen (secondary N) is 1. The van der Waals surface area contributed by atoms with Crippen molar-refractivity contribution in [3.8, 4) is 0 Å². The molecule has 0 aliphatic heterocycles. The summed E-state index contributed by atoms with van der Waals surface area (Å²) in [6.45, 7) is 4.00. The number of aliphatic hydroxyl groups excluding tert-OH is 1. The molecule has 2 N–H and O–H groups in total. The standard InChI is InChI=1S/C15H14O4.C2H7N.C2H6/c1-19-13-6-9-3-2-8-4-5-11(16)15(18)14(8)10(9)7-12(13)17;1-3-2;1-2/h2,4-6,9-10,18H,3,7H2,1H3;3H,1-2H3;1-2H3. The summed E-state index contributed by atoms with van der Waals surface area (Å²) in [5.74, 6) is -0.316. The van der Waals surface area contributed by atoms with Crippen LogP contribution in [0.5, 0.6) is 0 Å². The maximum atomic E-state index is 11.9. The third kappa shape index (κ3) is 4.03. The lowest BCUT2D eigenvalue weighted by atomic mass is 9.69. The van der Waals surface area contributed by atoms with Crippen molar-refractivity contribution in [2.75, 3.05) is 21.2 Å². The second-order valence-electron chi connectivity index (χ2n) is 5.49. The van der Waals surface area contributed by atoms with Gasteiger partial charge in [-0.05, 0) is 44.2 Å². The Morgan fingerprint density at radius 1 is 1.21 bits per heavy atom. The number of methoxy groups -OCH3 is 1. The zero-order chi connectivity index (χ0) is 18.3. The SMILES string of the molecule is CC.CNC.COC1=CC2CC=C3C=CC(=O)C(O)=C3C2CC1=O. The second-order valence-corrected chi connectivity index (χ2v) is 5.49. The number of rotatable bonds is 1. The van der Waals surface area contributed by atoms with Gasteiger partial charge >= 0.3 is 0 Å². The minimum absolute atomic E-state index is 0.0766. The fourth-order valence-corrected chi connectivity index (χ4v) is 3.02. The first-order chi connectivity index (χ1) is 11.5. The molecule has 0 saturated heterocycles. The van der Waals surface area contributed by atoms with Gasteiger partial charge in [0, 0.05) is 17.9 Å². The number of hydrogen-bond donors (Lipinski definition) is 2. The van der Waals surface area contributed by atoms with Crippen LogP contribution in [0.2, 0.25) is 0 Å². The van der Waals surface area contributed by atoms with Crippen molar-refractivity contribution >= 4 is 11.6 Å². The Morgan fingerprint density at radius 3 is 2.42 bits per heavy atom. The topological polar surface area (TPSA) is 75.6 Å². The van der Waals surface area contributed by atoms with Crippen LogP contribution >= 0.6 is 0 Å². The van der Waals surface area contributed by atoms with Gasteiger partial charge in [-0.3, -0.25) is 9.59 Å². The van der Waals surface area contributed by atoms with Crippen molar-refractivity contribution in [3.63, 3.8) is 0 Å². The van der Waals surface area contributed by atoms with Crippen LogP contribution in [0.15, 0.2) is 47.0 Å². The smallest absolute Gasteiger partial charge is 0.220 e. The van der Waals surface area contributed by atoms with E-state index in [-0.39, 0.29) is 35.6 Å². The van der Waals surface area contributed by atoms with Crippen molar-refractivity contribution in [1.29, 1.82) is 0 Å². The largest absolute Gasteiger partial charge is 0.504 e. The van der Waals surface area contributed by atoms with Crippen molar-refractivity contribution in [1.82, 2.24) is 5.32 Å². The minimum Gasteiger partial charge on any atom is -0.504 e. The third-order valence-corrected chi connectivity index (χ3v) is 3.98. The molecule has 0 radical (unpaired) electrons. The van der Waals surface area contributed by atoms with Crippen molar-refractivity contribution < 1.29 is 19.4 Å². The van der Waals surface area contributed by atoms with Crippen LogP contribution in [0.3, 0.4) is 0 Å². The molecule has 0 aromatic carbocycles. The van der Waals surface area contributed by atoms with E-state index in [1.807, 2.05) is 40.1 Å². The normalized spacial score (nSPS) is 24.4. The zero-order valence-electron chi connectivity index (χ0n) is 15.1. The fourth-order valence-electron chi connectivity index (χ4n) is 3.02. The average Bonchev–Trinajstić information content (AvgIpc) is 2.59. The summed E-state index contributed by atoms with van der Waals surface area (Å²) in [6, 6.07) is 0. The molecule has 5 heteroatoms. The fraction of sp³-hybridized carbons (Fsp3) is 0.474. The minimum atomic E-state index is -0.387. The number of ketones is 2. The molecular weight excluding hydrogens is 306 g/mol. The molecule has 2 unspecified atom stereocenters. The van der Waals surface area contributed by atoms with Crippen molar-refractivity contribution in [2.24, 2.45) is 11.8 Å². The summed E-state index contributed by atoms with van der Waals surface area (Å²) in [5.41, 5.74) is 1.48. The molecule has 2 atom stereocenters. The highest BCUT2D eigenvalue weighted by Crippen LogP contribution is 2.44. The Balaban J connectivity index is 0.000000521. The molecular formula is C19H27NO4. The van der Waals surface area contributed by atoms with Crippen LogP contribution in [0, 0.1) is 11.8 Å². The van der Waals surface area contributed by atoms with E-state index in [0.29, 0.717) is 11.3 Å². The van der Waals surface area contributed by atoms with Gasteiger partial charge in [0.05, 0.1) is 7.11 Å². The van der Waals surface area contributed by atoms with Gasteiger partial charge in [-0.2, -0.15) is 0 Å². The summed E-state index contributed by atoms with van der Waals surface area (Å²) < 4.78 is 5.07. The lowest BCUT2D eigenvalue weighted by Crippen LogP contribution is -2.31. The number of carbonyl (C=O) groups is 2. The maximum absolute atomic E-state index is 11.9. The highest BCUT2D eigenvalue weighted by atomic mass is 16.5. The Labute approximate surface area is 143 Å². The number of hydrogen-bond acceptors (Lipinski definition) is 5. The van der Waals surface area contributed by atoms with E-state index in [1.54, 1.807) is 6.08 Å². The van der Waals surface area contributed by atoms with Crippen LogP contribution in [0.4, 0.5) is 0 Å². The number of aliphatic hydroxyl groups is 1. The van der Waals surface area contributed by atoms with Gasteiger partial charge in [0.15, 0.2) is 17.3 Å². The quantitative estimate of drug-likeness (QED) is 0.772.